The molecule has 426 valence electrons. The highest BCUT2D eigenvalue weighted by molar-refractivity contribution is 7.47. The van der Waals surface area contributed by atoms with Crippen molar-refractivity contribution in [2.75, 3.05) is 26.4 Å². The number of unbranched alkanes of at least 4 members (excludes halogenated alkanes) is 7. The first-order valence-corrected chi connectivity index (χ1v) is 29.9. The number of rotatable bonds is 50. The minimum atomic E-state index is -4.80. The summed E-state index contributed by atoms with van der Waals surface area (Å²) < 4.78 is 39.3. The summed E-state index contributed by atoms with van der Waals surface area (Å²) in [6, 6.07) is 0. The van der Waals surface area contributed by atoms with Crippen molar-refractivity contribution >= 4 is 25.7 Å². The number of aliphatic hydroxyl groups excluding tert-OH is 1. The lowest BCUT2D eigenvalue weighted by Gasteiger charge is -2.21. The Morgan fingerprint density at radius 1 is 0.382 bits per heavy atom. The van der Waals surface area contributed by atoms with E-state index < -0.39 is 57.8 Å². The lowest BCUT2D eigenvalue weighted by Crippen LogP contribution is -2.30. The molecule has 0 fully saturated rings. The van der Waals surface area contributed by atoms with Gasteiger partial charge < -0.3 is 24.2 Å². The summed E-state index contributed by atoms with van der Waals surface area (Å²) in [7, 11) is -4.80. The van der Waals surface area contributed by atoms with E-state index in [9.17, 15) is 28.9 Å². The van der Waals surface area contributed by atoms with Crippen LogP contribution in [0, 0.1) is 0 Å². The zero-order chi connectivity index (χ0) is 55.5. The number of carbonyl (C=O) groups excluding carboxylic acids is 3. The van der Waals surface area contributed by atoms with E-state index in [0.29, 0.717) is 32.1 Å². The fourth-order valence-electron chi connectivity index (χ4n) is 6.68. The molecule has 0 radical (unpaired) electrons. The van der Waals surface area contributed by atoms with Crippen LogP contribution in [0.2, 0.25) is 0 Å². The van der Waals surface area contributed by atoms with Gasteiger partial charge >= 0.3 is 25.7 Å². The molecule has 0 saturated carbocycles. The number of aliphatic hydroxyl groups is 1. The zero-order valence-corrected chi connectivity index (χ0v) is 47.8. The fourth-order valence-corrected chi connectivity index (χ4v) is 7.46. The average Bonchev–Trinajstić information content (AvgIpc) is 3.41. The van der Waals surface area contributed by atoms with Crippen molar-refractivity contribution in [2.45, 2.75) is 200 Å². The molecule has 0 rings (SSSR count). The predicted molar refractivity (Wildman–Crippen MR) is 315 cm³/mol. The van der Waals surface area contributed by atoms with Crippen LogP contribution in [0.1, 0.15) is 188 Å². The molecule has 0 aromatic heterocycles. The van der Waals surface area contributed by atoms with E-state index in [2.05, 4.69) is 148 Å². The summed E-state index contributed by atoms with van der Waals surface area (Å²) in [5.74, 6) is -1.69. The van der Waals surface area contributed by atoms with Gasteiger partial charge in [0.2, 0.25) is 0 Å². The smallest absolute Gasteiger partial charge is 0.462 e. The molecule has 0 aliphatic carbocycles. The molecule has 0 bridgehead atoms. The maximum absolute atomic E-state index is 12.9. The van der Waals surface area contributed by atoms with E-state index in [1.165, 1.54) is 12.8 Å². The Bertz CT molecular complexity index is 1880. The van der Waals surface area contributed by atoms with Crippen molar-refractivity contribution in [2.24, 2.45) is 0 Å². The Balaban J connectivity index is 4.89. The largest absolute Gasteiger partial charge is 0.472 e. The fraction of sp³-hybridized carbons (Fsp3) is 0.547. The lowest BCUT2D eigenvalue weighted by molar-refractivity contribution is -0.161. The number of carbonyl (C=O) groups is 3. The molecule has 3 unspecified atom stereocenters. The van der Waals surface area contributed by atoms with Crippen molar-refractivity contribution in [3.05, 3.63) is 158 Å². The zero-order valence-electron chi connectivity index (χ0n) is 46.9. The van der Waals surface area contributed by atoms with Gasteiger partial charge in [-0.2, -0.15) is 0 Å². The first kappa shape index (κ1) is 71.1. The number of allylic oxidation sites excluding steroid dienone is 26. The number of phosphoric ester groups is 1. The van der Waals surface area contributed by atoms with Gasteiger partial charge in [0.25, 0.3) is 0 Å². The summed E-state index contributed by atoms with van der Waals surface area (Å²) in [5.41, 5.74) is 0. The van der Waals surface area contributed by atoms with E-state index >= 15 is 0 Å². The Hall–Kier alpha value is -4.90. The molecule has 0 spiro atoms. The van der Waals surface area contributed by atoms with Crippen LogP contribution in [0.5, 0.6) is 0 Å². The van der Waals surface area contributed by atoms with Crippen molar-refractivity contribution in [3.8, 4) is 0 Å². The highest BCUT2D eigenvalue weighted by Gasteiger charge is 2.28. The third-order valence-electron chi connectivity index (χ3n) is 10.9. The molecular weight excluding hydrogens is 976 g/mol. The SMILES string of the molecule is CC/C=C\C/C=C\C/C=C\C/C=C\C/C=C\C/C=C\CCC(=O)OC(CO)COP(=O)(O)OCC(COC(=O)CCCCCCC/C=C\CCCC)OC(=O)CC/C=C\C/C=C\C/C=C\C/C=C\C/C=C\C/C=C\CC. The minimum absolute atomic E-state index is 0.0259. The van der Waals surface area contributed by atoms with E-state index in [1.54, 1.807) is 0 Å². The van der Waals surface area contributed by atoms with Gasteiger partial charge in [-0.1, -0.05) is 211 Å². The van der Waals surface area contributed by atoms with Gasteiger partial charge in [-0.05, 0) is 116 Å². The molecule has 2 N–H and O–H groups in total. The van der Waals surface area contributed by atoms with Gasteiger partial charge in [0, 0.05) is 19.3 Å². The molecule has 3 atom stereocenters. The predicted octanol–water partition coefficient (Wildman–Crippen LogP) is 16.9. The molecule has 0 aliphatic rings. The van der Waals surface area contributed by atoms with Crippen LogP contribution in [0.25, 0.3) is 0 Å². The Kier molecular flexibility index (Phi) is 52.7. The van der Waals surface area contributed by atoms with E-state index in [-0.39, 0.29) is 25.9 Å². The third-order valence-corrected chi connectivity index (χ3v) is 11.9. The summed E-state index contributed by atoms with van der Waals surface area (Å²) in [4.78, 5) is 48.4. The van der Waals surface area contributed by atoms with Crippen LogP contribution in [-0.4, -0.2) is 66.5 Å². The van der Waals surface area contributed by atoms with Crippen molar-refractivity contribution in [3.63, 3.8) is 0 Å². The Labute approximate surface area is 460 Å². The van der Waals surface area contributed by atoms with Crippen LogP contribution in [-0.2, 0) is 42.2 Å². The first-order valence-electron chi connectivity index (χ1n) is 28.4. The first-order chi connectivity index (χ1) is 37.2. The topological polar surface area (TPSA) is 155 Å². The molecule has 0 amide bonds. The van der Waals surface area contributed by atoms with Crippen molar-refractivity contribution in [1.82, 2.24) is 0 Å². The van der Waals surface area contributed by atoms with Gasteiger partial charge in [-0.25, -0.2) is 4.57 Å². The number of ether oxygens (including phenoxy) is 3. The highest BCUT2D eigenvalue weighted by atomic mass is 31.2. The maximum atomic E-state index is 12.9. The van der Waals surface area contributed by atoms with Gasteiger partial charge in [-0.3, -0.25) is 23.4 Å². The number of hydrogen-bond acceptors (Lipinski definition) is 10. The van der Waals surface area contributed by atoms with Crippen LogP contribution in [0.3, 0.4) is 0 Å². The lowest BCUT2D eigenvalue weighted by atomic mass is 10.1. The highest BCUT2D eigenvalue weighted by Crippen LogP contribution is 2.43. The van der Waals surface area contributed by atoms with E-state index in [1.807, 2.05) is 30.4 Å². The standard InChI is InChI=1S/C64H99O11P/c1-4-7-10-13-16-19-22-24-26-28-30-32-34-36-39-42-45-48-51-54-63(67)74-60(56-65)58-72-76(69,70)73-59-61(57-71-62(66)53-50-47-44-41-38-21-18-15-12-9-6-3)75-64(68)55-52-49-46-43-40-37-35-33-31-29-27-25-23-20-17-14-11-8-5-2/h7-8,10-11,15-20,24-27,30-33,36-37,39-40,45-46,48-49,60-61,65H,4-6,9,12-14,21-23,28-29,34-35,38,41-44,47,50-59H2,1-3H3,(H,69,70)/b10-7-,11-8-,18-15-,19-16-,20-17-,26-24-,27-25-,32-30-,33-31-,39-36-,40-37-,48-45-,49-46-. The molecule has 12 heteroatoms. The normalized spacial score (nSPS) is 14.5. The summed E-state index contributed by atoms with van der Waals surface area (Å²) in [6.45, 7) is 4.16. The molecule has 0 aromatic carbocycles. The third kappa shape index (κ3) is 53.9. The second-order valence-electron chi connectivity index (χ2n) is 18.0. The molecule has 11 nitrogen and oxygen atoms in total. The number of hydrogen-bond donors (Lipinski definition) is 2. The molecule has 0 aromatic rings. The molecule has 0 aliphatic heterocycles. The van der Waals surface area contributed by atoms with Gasteiger partial charge in [-0.15, -0.1) is 0 Å². The summed E-state index contributed by atoms with van der Waals surface area (Å²) in [6.07, 6.45) is 73.8. The second-order valence-corrected chi connectivity index (χ2v) is 19.4. The minimum Gasteiger partial charge on any atom is -0.462 e. The molecule has 0 saturated heterocycles. The van der Waals surface area contributed by atoms with Crippen molar-refractivity contribution in [1.29, 1.82) is 0 Å². The molecular formula is C64H99O11P. The number of phosphoric acid groups is 1. The van der Waals surface area contributed by atoms with Crippen LogP contribution < -0.4 is 0 Å². The Morgan fingerprint density at radius 3 is 1.11 bits per heavy atom. The molecule has 0 heterocycles. The van der Waals surface area contributed by atoms with Gasteiger partial charge in [0.15, 0.2) is 6.10 Å². The summed E-state index contributed by atoms with van der Waals surface area (Å²) >= 11 is 0. The van der Waals surface area contributed by atoms with E-state index in [4.69, 9.17) is 23.3 Å². The molecule has 76 heavy (non-hydrogen) atoms. The monoisotopic (exact) mass is 1070 g/mol. The van der Waals surface area contributed by atoms with Gasteiger partial charge in [0.05, 0.1) is 19.8 Å². The summed E-state index contributed by atoms with van der Waals surface area (Å²) in [5, 5.41) is 9.80. The Morgan fingerprint density at radius 2 is 0.711 bits per heavy atom. The quantitative estimate of drug-likeness (QED) is 0.0197. The van der Waals surface area contributed by atoms with Crippen LogP contribution in [0.15, 0.2) is 158 Å². The van der Waals surface area contributed by atoms with Crippen LogP contribution in [0.4, 0.5) is 0 Å². The second kappa shape index (κ2) is 56.3. The van der Waals surface area contributed by atoms with Gasteiger partial charge in [0.1, 0.15) is 12.7 Å². The maximum Gasteiger partial charge on any atom is 0.472 e. The van der Waals surface area contributed by atoms with Crippen LogP contribution >= 0.6 is 7.82 Å². The average molecular weight is 1080 g/mol. The number of esters is 3. The van der Waals surface area contributed by atoms with Crippen molar-refractivity contribution < 1.29 is 52.2 Å². The van der Waals surface area contributed by atoms with E-state index in [0.717, 1.165) is 103 Å².